The summed E-state index contributed by atoms with van der Waals surface area (Å²) in [6.45, 7) is 4.49. The maximum atomic E-state index is 12.0. The summed E-state index contributed by atoms with van der Waals surface area (Å²) in [6, 6.07) is 12.0. The fourth-order valence-electron chi connectivity index (χ4n) is 3.45. The molecule has 0 spiro atoms. The second-order valence-corrected chi connectivity index (χ2v) is 7.32. The van der Waals surface area contributed by atoms with E-state index in [0.29, 0.717) is 25.3 Å². The van der Waals surface area contributed by atoms with E-state index in [9.17, 15) is 9.59 Å². The molecule has 7 heteroatoms. The van der Waals surface area contributed by atoms with Crippen molar-refractivity contribution in [3.63, 3.8) is 0 Å². The Balaban J connectivity index is 1.45. The highest BCUT2D eigenvalue weighted by molar-refractivity contribution is 5.94. The molecule has 0 N–H and O–H groups in total. The quantitative estimate of drug-likeness (QED) is 0.218. The van der Waals surface area contributed by atoms with Gasteiger partial charge in [0, 0.05) is 5.56 Å². The molecule has 1 heterocycles. The number of benzene rings is 2. The van der Waals surface area contributed by atoms with Crippen molar-refractivity contribution in [1.82, 2.24) is 4.98 Å². The summed E-state index contributed by atoms with van der Waals surface area (Å²) in [5.74, 6) is -0.469. The number of ether oxygens (including phenoxy) is 3. The molecule has 170 valence electrons. The average molecular weight is 440 g/mol. The van der Waals surface area contributed by atoms with Crippen LogP contribution in [-0.2, 0) is 19.1 Å². The van der Waals surface area contributed by atoms with Crippen molar-refractivity contribution in [2.45, 2.75) is 39.5 Å². The van der Waals surface area contributed by atoms with Crippen molar-refractivity contribution >= 4 is 22.7 Å². The number of fused-ring (bicyclic) bond motifs is 1. The van der Waals surface area contributed by atoms with Crippen LogP contribution in [0, 0.1) is 5.92 Å². The van der Waals surface area contributed by atoms with Crippen LogP contribution >= 0.6 is 0 Å². The lowest BCUT2D eigenvalue weighted by molar-refractivity contribution is -0.161. The monoisotopic (exact) mass is 439 g/mol. The third kappa shape index (κ3) is 6.33. The smallest absolute Gasteiger partial charge is 0.320 e. The van der Waals surface area contributed by atoms with Gasteiger partial charge in [0.15, 0.2) is 5.92 Å². The Bertz CT molecular complexity index is 996. The third-order valence-electron chi connectivity index (χ3n) is 5.04. The van der Waals surface area contributed by atoms with Gasteiger partial charge in [-0.25, -0.2) is 4.98 Å². The molecule has 0 saturated heterocycles. The molecular formula is C25H29NO6. The predicted molar refractivity (Wildman–Crippen MR) is 120 cm³/mol. The molecule has 0 radical (unpaired) electrons. The highest BCUT2D eigenvalue weighted by Crippen LogP contribution is 2.26. The van der Waals surface area contributed by atoms with Gasteiger partial charge in [-0.1, -0.05) is 25.0 Å². The van der Waals surface area contributed by atoms with Gasteiger partial charge in [-0.05, 0) is 61.7 Å². The molecule has 3 rings (SSSR count). The minimum absolute atomic E-state index is 0.245. The molecule has 0 aliphatic heterocycles. The van der Waals surface area contributed by atoms with Crippen molar-refractivity contribution in [2.24, 2.45) is 5.92 Å². The Morgan fingerprint density at radius 1 is 0.938 bits per heavy atom. The van der Waals surface area contributed by atoms with Crippen molar-refractivity contribution < 1.29 is 28.2 Å². The Morgan fingerprint density at radius 2 is 1.66 bits per heavy atom. The topological polar surface area (TPSA) is 87.9 Å². The van der Waals surface area contributed by atoms with E-state index < -0.39 is 17.9 Å². The van der Waals surface area contributed by atoms with Gasteiger partial charge in [0.05, 0.1) is 26.0 Å². The molecule has 0 atom stereocenters. The zero-order chi connectivity index (χ0) is 22.8. The maximum absolute atomic E-state index is 12.0. The lowest BCUT2D eigenvalue weighted by Gasteiger charge is -2.14. The van der Waals surface area contributed by atoms with Crippen LogP contribution in [0.15, 0.2) is 53.3 Å². The van der Waals surface area contributed by atoms with E-state index in [4.69, 9.17) is 18.6 Å². The van der Waals surface area contributed by atoms with E-state index in [1.165, 1.54) is 0 Å². The van der Waals surface area contributed by atoms with E-state index in [2.05, 4.69) is 4.98 Å². The number of nitrogens with zero attached hydrogens (tertiary/aromatic N) is 1. The van der Waals surface area contributed by atoms with Crippen LogP contribution in [-0.4, -0.2) is 36.7 Å². The second kappa shape index (κ2) is 11.9. The Morgan fingerprint density at radius 3 is 2.34 bits per heavy atom. The van der Waals surface area contributed by atoms with Crippen LogP contribution in [0.2, 0.25) is 0 Å². The van der Waals surface area contributed by atoms with Gasteiger partial charge in [-0.15, -0.1) is 0 Å². The number of esters is 2. The largest absolute Gasteiger partial charge is 0.494 e. The Kier molecular flexibility index (Phi) is 8.66. The van der Waals surface area contributed by atoms with Crippen LogP contribution in [0.4, 0.5) is 0 Å². The third-order valence-corrected chi connectivity index (χ3v) is 5.04. The van der Waals surface area contributed by atoms with Gasteiger partial charge in [0.25, 0.3) is 0 Å². The number of unbranched alkanes of at least 4 members (excludes halogenated alkanes) is 2. The Labute approximate surface area is 187 Å². The summed E-state index contributed by atoms with van der Waals surface area (Å²) in [7, 11) is 0. The van der Waals surface area contributed by atoms with E-state index >= 15 is 0 Å². The molecular weight excluding hydrogens is 410 g/mol. The molecule has 0 aliphatic carbocycles. The van der Waals surface area contributed by atoms with Crippen LogP contribution in [0.5, 0.6) is 5.75 Å². The predicted octanol–water partition coefficient (Wildman–Crippen LogP) is 5.18. The summed E-state index contributed by atoms with van der Waals surface area (Å²) in [5, 5.41) is 2.15. The number of carbonyl (C=O) groups excluding carboxylic acids is 2. The number of rotatable bonds is 12. The van der Waals surface area contributed by atoms with E-state index in [1.54, 1.807) is 26.3 Å². The number of oxazole rings is 1. The first-order chi connectivity index (χ1) is 15.6. The summed E-state index contributed by atoms with van der Waals surface area (Å²) >= 11 is 0. The van der Waals surface area contributed by atoms with E-state index in [1.807, 2.05) is 36.4 Å². The zero-order valence-electron chi connectivity index (χ0n) is 18.5. The molecule has 2 aromatic carbocycles. The number of aromatic nitrogens is 1. The lowest BCUT2D eigenvalue weighted by Crippen LogP contribution is -2.28. The van der Waals surface area contributed by atoms with E-state index in [0.717, 1.165) is 34.9 Å². The molecule has 0 amide bonds. The fourth-order valence-corrected chi connectivity index (χ4v) is 3.45. The standard InChI is InChI=1S/C25H29NO6/c1-3-29-24(27)22(25(28)30-4-2)8-6-5-7-14-31-21-12-11-18-16-20(10-9-19(18)17-21)23-26-13-15-32-23/h9-13,15-17,22H,3-8,14H2,1-2H3. The van der Waals surface area contributed by atoms with Crippen molar-refractivity contribution in [3.8, 4) is 17.2 Å². The number of carbonyl (C=O) groups is 2. The second-order valence-electron chi connectivity index (χ2n) is 7.32. The molecule has 0 fully saturated rings. The lowest BCUT2D eigenvalue weighted by atomic mass is 10.0. The molecule has 0 saturated carbocycles. The van der Waals surface area contributed by atoms with Crippen LogP contribution in [0.25, 0.3) is 22.2 Å². The van der Waals surface area contributed by atoms with Gasteiger partial charge >= 0.3 is 11.9 Å². The van der Waals surface area contributed by atoms with Gasteiger partial charge in [-0.3, -0.25) is 9.59 Å². The van der Waals surface area contributed by atoms with Gasteiger partial charge in [0.1, 0.15) is 12.0 Å². The summed E-state index contributed by atoms with van der Waals surface area (Å²) in [5.41, 5.74) is 0.931. The van der Waals surface area contributed by atoms with Crippen LogP contribution < -0.4 is 4.74 Å². The minimum Gasteiger partial charge on any atom is -0.494 e. The molecule has 32 heavy (non-hydrogen) atoms. The number of hydrogen-bond donors (Lipinski definition) is 0. The summed E-state index contributed by atoms with van der Waals surface area (Å²) in [4.78, 5) is 28.2. The molecule has 0 aliphatic rings. The first kappa shape index (κ1) is 23.3. The fraction of sp³-hybridized carbons (Fsp3) is 0.400. The highest BCUT2D eigenvalue weighted by Gasteiger charge is 2.28. The highest BCUT2D eigenvalue weighted by atomic mass is 16.6. The first-order valence-electron chi connectivity index (χ1n) is 11.0. The van der Waals surface area contributed by atoms with Crippen LogP contribution in [0.3, 0.4) is 0 Å². The summed E-state index contributed by atoms with van der Waals surface area (Å²) < 4.78 is 21.2. The normalized spacial score (nSPS) is 11.0. The van der Waals surface area contributed by atoms with Gasteiger partial charge < -0.3 is 18.6 Å². The SMILES string of the molecule is CCOC(=O)C(CCCCCOc1ccc2cc(-c3ncco3)ccc2c1)C(=O)OCC. The van der Waals surface area contributed by atoms with Crippen LogP contribution in [0.1, 0.15) is 39.5 Å². The molecule has 7 nitrogen and oxygen atoms in total. The summed E-state index contributed by atoms with van der Waals surface area (Å²) in [6.07, 6.45) is 5.98. The molecule has 0 bridgehead atoms. The van der Waals surface area contributed by atoms with Crippen molar-refractivity contribution in [1.29, 1.82) is 0 Å². The minimum atomic E-state index is -0.849. The first-order valence-corrected chi connectivity index (χ1v) is 11.0. The maximum Gasteiger partial charge on any atom is 0.320 e. The molecule has 3 aromatic rings. The Hall–Kier alpha value is -3.35. The van der Waals surface area contributed by atoms with Gasteiger partial charge in [-0.2, -0.15) is 0 Å². The molecule has 1 aromatic heterocycles. The van der Waals surface area contributed by atoms with Crippen molar-refractivity contribution in [3.05, 3.63) is 48.9 Å². The van der Waals surface area contributed by atoms with E-state index in [-0.39, 0.29) is 13.2 Å². The van der Waals surface area contributed by atoms with Crippen molar-refractivity contribution in [2.75, 3.05) is 19.8 Å². The molecule has 0 unspecified atom stereocenters. The van der Waals surface area contributed by atoms with Gasteiger partial charge in [0.2, 0.25) is 5.89 Å². The zero-order valence-corrected chi connectivity index (χ0v) is 18.5. The number of hydrogen-bond acceptors (Lipinski definition) is 7. The average Bonchev–Trinajstić information content (AvgIpc) is 3.33.